The predicted molar refractivity (Wildman–Crippen MR) is 90.0 cm³/mol. The zero-order chi connectivity index (χ0) is 16.4. The van der Waals surface area contributed by atoms with Crippen molar-refractivity contribution in [1.29, 1.82) is 0 Å². The number of carboxylic acid groups (broad SMARTS) is 1. The molecule has 23 heavy (non-hydrogen) atoms. The number of carbonyl (C=O) groups is 1. The van der Waals surface area contributed by atoms with Crippen molar-refractivity contribution in [2.75, 3.05) is 32.5 Å². The molecule has 0 amide bonds. The average molecular weight is 313 g/mol. The van der Waals surface area contributed by atoms with Crippen molar-refractivity contribution < 1.29 is 9.90 Å². The van der Waals surface area contributed by atoms with Crippen molar-refractivity contribution in [3.63, 3.8) is 0 Å². The average Bonchev–Trinajstić information content (AvgIpc) is 2.96. The molecule has 0 aliphatic heterocycles. The molecule has 3 aromatic rings. The van der Waals surface area contributed by atoms with Crippen LogP contribution in [0, 0.1) is 0 Å². The Labute approximate surface area is 133 Å². The lowest BCUT2D eigenvalue weighted by atomic mass is 10.1. The van der Waals surface area contributed by atoms with Crippen LogP contribution in [0.25, 0.3) is 21.8 Å². The van der Waals surface area contributed by atoms with Gasteiger partial charge in [0.25, 0.3) is 0 Å². The van der Waals surface area contributed by atoms with Crippen LogP contribution in [-0.4, -0.2) is 58.1 Å². The van der Waals surface area contributed by atoms with Gasteiger partial charge in [0.15, 0.2) is 0 Å². The molecule has 0 spiro atoms. The molecule has 0 saturated heterocycles. The number of anilines is 1. The molecule has 0 fully saturated rings. The molecule has 0 aliphatic carbocycles. The molecular formula is C16H19N5O2. The van der Waals surface area contributed by atoms with E-state index in [0.29, 0.717) is 5.65 Å². The van der Waals surface area contributed by atoms with Gasteiger partial charge in [0.2, 0.25) is 0 Å². The van der Waals surface area contributed by atoms with Crippen LogP contribution >= 0.6 is 0 Å². The Morgan fingerprint density at radius 1 is 1.35 bits per heavy atom. The summed E-state index contributed by atoms with van der Waals surface area (Å²) in [5.74, 6) is -0.274. The summed E-state index contributed by atoms with van der Waals surface area (Å²) >= 11 is 0. The van der Waals surface area contributed by atoms with Gasteiger partial charge in [0, 0.05) is 29.7 Å². The molecule has 0 radical (unpaired) electrons. The minimum Gasteiger partial charge on any atom is -0.477 e. The number of aromatic nitrogens is 3. The molecule has 0 saturated carbocycles. The van der Waals surface area contributed by atoms with Crippen molar-refractivity contribution in [1.82, 2.24) is 19.9 Å². The molecule has 3 aromatic heterocycles. The van der Waals surface area contributed by atoms with E-state index < -0.39 is 5.97 Å². The van der Waals surface area contributed by atoms with Crippen LogP contribution in [0.15, 0.2) is 24.5 Å². The van der Waals surface area contributed by atoms with Gasteiger partial charge >= 0.3 is 5.97 Å². The monoisotopic (exact) mass is 313 g/mol. The number of hydrogen-bond acceptors (Lipinski definition) is 5. The van der Waals surface area contributed by atoms with Crippen LogP contribution < -0.4 is 5.32 Å². The number of H-pyrrole nitrogens is 1. The number of aromatic amines is 1. The molecule has 120 valence electrons. The fraction of sp³-hybridized carbons (Fsp3) is 0.312. The smallest absolute Gasteiger partial charge is 0.352 e. The third-order valence-corrected chi connectivity index (χ3v) is 3.69. The Morgan fingerprint density at radius 3 is 2.91 bits per heavy atom. The summed E-state index contributed by atoms with van der Waals surface area (Å²) < 4.78 is 0. The number of nitrogens with zero attached hydrogens (tertiary/aromatic N) is 3. The van der Waals surface area contributed by atoms with Crippen LogP contribution in [0.4, 0.5) is 5.82 Å². The van der Waals surface area contributed by atoms with Crippen molar-refractivity contribution in [3.05, 3.63) is 30.2 Å². The zero-order valence-corrected chi connectivity index (χ0v) is 13.1. The van der Waals surface area contributed by atoms with Gasteiger partial charge in [0.05, 0.1) is 0 Å². The minimum absolute atomic E-state index is 0.135. The second-order valence-corrected chi connectivity index (χ2v) is 5.72. The summed E-state index contributed by atoms with van der Waals surface area (Å²) in [7, 11) is 4.08. The SMILES string of the molecule is CN(C)CCCNc1nc2[nH]c(C(=O)O)cc2c2ccncc12. The van der Waals surface area contributed by atoms with E-state index in [1.165, 1.54) is 0 Å². The van der Waals surface area contributed by atoms with Gasteiger partial charge in [-0.2, -0.15) is 0 Å². The van der Waals surface area contributed by atoms with Crippen LogP contribution in [0.1, 0.15) is 16.9 Å². The summed E-state index contributed by atoms with van der Waals surface area (Å²) in [5.41, 5.74) is 0.701. The van der Waals surface area contributed by atoms with E-state index in [2.05, 4.69) is 25.2 Å². The lowest BCUT2D eigenvalue weighted by Crippen LogP contribution is -2.16. The molecule has 0 aliphatic rings. The van der Waals surface area contributed by atoms with E-state index >= 15 is 0 Å². The zero-order valence-electron chi connectivity index (χ0n) is 13.1. The first-order chi connectivity index (χ1) is 11.1. The second-order valence-electron chi connectivity index (χ2n) is 5.72. The number of carboxylic acids is 1. The van der Waals surface area contributed by atoms with Gasteiger partial charge in [-0.3, -0.25) is 4.98 Å². The lowest BCUT2D eigenvalue weighted by Gasteiger charge is -2.12. The van der Waals surface area contributed by atoms with E-state index in [4.69, 9.17) is 5.11 Å². The van der Waals surface area contributed by atoms with Crippen LogP contribution in [0.2, 0.25) is 0 Å². The highest BCUT2D eigenvalue weighted by Gasteiger charge is 2.13. The Hall–Kier alpha value is -2.67. The van der Waals surface area contributed by atoms with Gasteiger partial charge in [-0.05, 0) is 44.6 Å². The standard InChI is InChI=1S/C16H19N5O2/c1-21(2)7-3-5-18-14-12-9-17-6-4-10(12)11-8-13(16(22)23)19-15(11)20-14/h4,6,8-9H,3,5,7H2,1-2H3,(H,22,23)(H2,18,19,20). The Kier molecular flexibility index (Phi) is 4.12. The molecule has 7 heteroatoms. The number of rotatable bonds is 6. The number of fused-ring (bicyclic) bond motifs is 3. The van der Waals surface area contributed by atoms with Gasteiger partial charge in [-0.25, -0.2) is 9.78 Å². The number of hydrogen-bond donors (Lipinski definition) is 3. The Morgan fingerprint density at radius 2 is 2.17 bits per heavy atom. The van der Waals surface area contributed by atoms with Gasteiger partial charge in [0.1, 0.15) is 17.2 Å². The van der Waals surface area contributed by atoms with Crippen LogP contribution in [0.5, 0.6) is 0 Å². The summed E-state index contributed by atoms with van der Waals surface area (Å²) in [6.07, 6.45) is 4.44. The van der Waals surface area contributed by atoms with E-state index in [0.717, 1.165) is 41.5 Å². The lowest BCUT2D eigenvalue weighted by molar-refractivity contribution is 0.0691. The number of pyridine rings is 2. The number of nitrogens with one attached hydrogen (secondary N) is 2. The first-order valence-corrected chi connectivity index (χ1v) is 7.44. The van der Waals surface area contributed by atoms with Gasteiger partial charge in [-0.15, -0.1) is 0 Å². The highest BCUT2D eigenvalue weighted by atomic mass is 16.4. The summed E-state index contributed by atoms with van der Waals surface area (Å²) in [4.78, 5) is 24.9. The van der Waals surface area contributed by atoms with Crippen LogP contribution in [0.3, 0.4) is 0 Å². The quantitative estimate of drug-likeness (QED) is 0.604. The van der Waals surface area contributed by atoms with Crippen molar-refractivity contribution >= 4 is 33.6 Å². The molecule has 7 nitrogen and oxygen atoms in total. The van der Waals surface area contributed by atoms with Crippen LogP contribution in [-0.2, 0) is 0 Å². The highest BCUT2D eigenvalue weighted by molar-refractivity contribution is 6.10. The molecule has 3 rings (SSSR count). The number of aromatic carboxylic acids is 1. The summed E-state index contributed by atoms with van der Waals surface area (Å²) in [6.45, 7) is 1.77. The summed E-state index contributed by atoms with van der Waals surface area (Å²) in [6, 6.07) is 3.49. The normalized spacial score (nSPS) is 11.4. The molecule has 3 N–H and O–H groups in total. The van der Waals surface area contributed by atoms with E-state index in [1.807, 2.05) is 20.2 Å². The maximum absolute atomic E-state index is 11.2. The van der Waals surface area contributed by atoms with E-state index in [-0.39, 0.29) is 5.69 Å². The molecular weight excluding hydrogens is 294 g/mol. The first kappa shape index (κ1) is 15.2. The minimum atomic E-state index is -0.995. The molecule has 0 aromatic carbocycles. The largest absolute Gasteiger partial charge is 0.477 e. The van der Waals surface area contributed by atoms with Gasteiger partial charge < -0.3 is 20.3 Å². The van der Waals surface area contributed by atoms with Gasteiger partial charge in [-0.1, -0.05) is 0 Å². The third-order valence-electron chi connectivity index (χ3n) is 3.69. The third kappa shape index (κ3) is 3.09. The molecule has 3 heterocycles. The fourth-order valence-electron chi connectivity index (χ4n) is 2.58. The highest BCUT2D eigenvalue weighted by Crippen LogP contribution is 2.29. The van der Waals surface area contributed by atoms with E-state index in [1.54, 1.807) is 18.5 Å². The Balaban J connectivity index is 2.00. The first-order valence-electron chi connectivity index (χ1n) is 7.44. The van der Waals surface area contributed by atoms with E-state index in [9.17, 15) is 4.79 Å². The van der Waals surface area contributed by atoms with Crippen molar-refractivity contribution in [2.24, 2.45) is 0 Å². The Bertz CT molecular complexity index is 856. The predicted octanol–water partition coefficient (Wildman–Crippen LogP) is 2.17. The molecule has 0 bridgehead atoms. The molecule has 0 unspecified atom stereocenters. The maximum Gasteiger partial charge on any atom is 0.352 e. The van der Waals surface area contributed by atoms with Crippen molar-refractivity contribution in [3.8, 4) is 0 Å². The fourth-order valence-corrected chi connectivity index (χ4v) is 2.58. The molecule has 0 atom stereocenters. The second kappa shape index (κ2) is 6.21. The summed E-state index contributed by atoms with van der Waals surface area (Å²) in [5, 5.41) is 15.1. The van der Waals surface area contributed by atoms with Crippen molar-refractivity contribution in [2.45, 2.75) is 6.42 Å². The maximum atomic E-state index is 11.2. The topological polar surface area (TPSA) is 94.1 Å².